The van der Waals surface area contributed by atoms with Crippen LogP contribution in [-0.4, -0.2) is 33.0 Å². The average Bonchev–Trinajstić information content (AvgIpc) is 2.15. The molecule has 0 aliphatic rings. The minimum absolute atomic E-state index is 0.342. The first-order valence-corrected chi connectivity index (χ1v) is 6.01. The van der Waals surface area contributed by atoms with Gasteiger partial charge in [-0.05, 0) is 46.3 Å². The van der Waals surface area contributed by atoms with Crippen molar-refractivity contribution < 1.29 is 4.74 Å². The second kappa shape index (κ2) is 13.9. The van der Waals surface area contributed by atoms with Gasteiger partial charge in [0.1, 0.15) is 0 Å². The van der Waals surface area contributed by atoms with Crippen LogP contribution in [0.3, 0.4) is 0 Å². The largest absolute Gasteiger partial charge is 0.364 e. The van der Waals surface area contributed by atoms with Crippen molar-refractivity contribution in [3.05, 3.63) is 0 Å². The Kier molecular flexibility index (Phi) is 16.0. The lowest BCUT2D eigenvalue weighted by Crippen LogP contribution is -2.19. The molecule has 0 atom stereocenters. The quantitative estimate of drug-likeness (QED) is 0.508. The van der Waals surface area contributed by atoms with Gasteiger partial charge in [-0.25, -0.2) is 0 Å². The summed E-state index contributed by atoms with van der Waals surface area (Å²) in [5.41, 5.74) is 0. The van der Waals surface area contributed by atoms with Crippen molar-refractivity contribution in [3.8, 4) is 0 Å². The van der Waals surface area contributed by atoms with Crippen molar-refractivity contribution in [1.82, 2.24) is 10.6 Å². The summed E-state index contributed by atoms with van der Waals surface area (Å²) in [5, 5.41) is 6.16. The highest BCUT2D eigenvalue weighted by atomic mass is 16.5. The number of nitrogens with one attached hydrogen (secondary N) is 2. The Balaban J connectivity index is 0. The molecule has 0 radical (unpaired) electrons. The topological polar surface area (TPSA) is 33.3 Å². The first-order valence-electron chi connectivity index (χ1n) is 6.01. The Hall–Kier alpha value is -0.120. The Morgan fingerprint density at radius 2 is 1.73 bits per heavy atom. The van der Waals surface area contributed by atoms with Crippen LogP contribution in [0.25, 0.3) is 0 Å². The van der Waals surface area contributed by atoms with Gasteiger partial charge < -0.3 is 10.1 Å². The second-order valence-electron chi connectivity index (χ2n) is 4.25. The van der Waals surface area contributed by atoms with Crippen LogP contribution in [0.4, 0.5) is 0 Å². The zero-order chi connectivity index (χ0) is 12.1. The summed E-state index contributed by atoms with van der Waals surface area (Å²) in [6, 6.07) is 0. The Labute approximate surface area is 96.0 Å². The van der Waals surface area contributed by atoms with E-state index in [-0.39, 0.29) is 0 Å². The van der Waals surface area contributed by atoms with E-state index in [1.165, 1.54) is 6.42 Å². The van der Waals surface area contributed by atoms with E-state index in [9.17, 15) is 0 Å². The third-order valence-corrected chi connectivity index (χ3v) is 1.74. The van der Waals surface area contributed by atoms with Crippen molar-refractivity contribution in [2.75, 3.05) is 26.9 Å². The predicted octanol–water partition coefficient (Wildman–Crippen LogP) is 2.23. The first-order chi connectivity index (χ1) is 7.04. The van der Waals surface area contributed by atoms with Crippen molar-refractivity contribution in [2.45, 2.75) is 47.1 Å². The van der Waals surface area contributed by atoms with Crippen LogP contribution >= 0.6 is 0 Å². The molecule has 0 aliphatic carbocycles. The van der Waals surface area contributed by atoms with Gasteiger partial charge >= 0.3 is 0 Å². The lowest BCUT2D eigenvalue weighted by Gasteiger charge is -2.05. The van der Waals surface area contributed by atoms with E-state index in [1.54, 1.807) is 0 Å². The molecule has 15 heavy (non-hydrogen) atoms. The molecule has 0 bridgehead atoms. The minimum atomic E-state index is 0.342. The molecule has 0 spiro atoms. The van der Waals surface area contributed by atoms with Gasteiger partial charge in [0.25, 0.3) is 0 Å². The molecule has 0 aromatic rings. The molecule has 2 N–H and O–H groups in total. The lowest BCUT2D eigenvalue weighted by molar-refractivity contribution is 0.0656. The summed E-state index contributed by atoms with van der Waals surface area (Å²) < 4.78 is 5.17. The van der Waals surface area contributed by atoms with Crippen LogP contribution in [0.5, 0.6) is 0 Å². The van der Waals surface area contributed by atoms with Crippen LogP contribution in [0.1, 0.15) is 41.0 Å². The van der Waals surface area contributed by atoms with E-state index in [1.807, 2.05) is 20.9 Å². The molecule has 0 amide bonds. The third kappa shape index (κ3) is 24.8. The van der Waals surface area contributed by atoms with Crippen LogP contribution in [0.2, 0.25) is 0 Å². The third-order valence-electron chi connectivity index (χ3n) is 1.74. The van der Waals surface area contributed by atoms with E-state index >= 15 is 0 Å². The van der Waals surface area contributed by atoms with Gasteiger partial charge in [0, 0.05) is 0 Å². The fraction of sp³-hybridized carbons (Fsp3) is 1.00. The van der Waals surface area contributed by atoms with Gasteiger partial charge in [-0.2, -0.15) is 0 Å². The smallest absolute Gasteiger partial charge is 0.0968 e. The molecular formula is C12H30N2O. The molecule has 94 valence electrons. The zero-order valence-electron chi connectivity index (χ0n) is 11.4. The van der Waals surface area contributed by atoms with Gasteiger partial charge in [-0.15, -0.1) is 0 Å². The molecule has 0 aromatic carbocycles. The normalized spacial score (nSPS) is 10.4. The first kappa shape index (κ1) is 17.3. The second-order valence-corrected chi connectivity index (χ2v) is 4.25. The molecule has 0 saturated heterocycles. The molecule has 0 aliphatic heterocycles. The van der Waals surface area contributed by atoms with Crippen molar-refractivity contribution >= 4 is 0 Å². The molecule has 3 nitrogen and oxygen atoms in total. The number of hydrogen-bond acceptors (Lipinski definition) is 3. The number of ether oxygens (including phenoxy) is 1. The summed E-state index contributed by atoms with van der Waals surface area (Å²) in [7, 11) is 1.99. The Morgan fingerprint density at radius 1 is 1.13 bits per heavy atom. The van der Waals surface area contributed by atoms with E-state index < -0.39 is 0 Å². The zero-order valence-corrected chi connectivity index (χ0v) is 11.4. The molecule has 3 heteroatoms. The minimum Gasteiger partial charge on any atom is -0.364 e. The van der Waals surface area contributed by atoms with E-state index in [4.69, 9.17) is 4.74 Å². The molecule has 0 aromatic heterocycles. The Bertz CT molecular complexity index is 106. The highest BCUT2D eigenvalue weighted by Gasteiger charge is 1.88. The molecular weight excluding hydrogens is 188 g/mol. The van der Waals surface area contributed by atoms with Gasteiger partial charge in [-0.1, -0.05) is 20.8 Å². The fourth-order valence-electron chi connectivity index (χ4n) is 0.761. The van der Waals surface area contributed by atoms with Gasteiger partial charge in [0.05, 0.1) is 12.8 Å². The van der Waals surface area contributed by atoms with Gasteiger partial charge in [0.15, 0.2) is 0 Å². The van der Waals surface area contributed by atoms with Crippen molar-refractivity contribution in [1.29, 1.82) is 0 Å². The fourth-order valence-corrected chi connectivity index (χ4v) is 0.761. The van der Waals surface area contributed by atoms with Crippen molar-refractivity contribution in [2.24, 2.45) is 5.92 Å². The van der Waals surface area contributed by atoms with Crippen LogP contribution < -0.4 is 10.6 Å². The molecule has 0 heterocycles. The maximum atomic E-state index is 5.17. The van der Waals surface area contributed by atoms with Gasteiger partial charge in [0.2, 0.25) is 0 Å². The van der Waals surface area contributed by atoms with E-state index in [0.717, 1.165) is 19.0 Å². The summed E-state index contributed by atoms with van der Waals surface area (Å²) in [6.07, 6.45) is 1.63. The van der Waals surface area contributed by atoms with Crippen LogP contribution in [-0.2, 0) is 4.74 Å². The summed E-state index contributed by atoms with van der Waals surface area (Å²) >= 11 is 0. The van der Waals surface area contributed by atoms with Crippen LogP contribution in [0.15, 0.2) is 0 Å². The van der Waals surface area contributed by atoms with E-state index in [0.29, 0.717) is 12.8 Å². The molecule has 0 saturated carbocycles. The lowest BCUT2D eigenvalue weighted by atomic mass is 10.1. The summed E-state index contributed by atoms with van der Waals surface area (Å²) in [5.74, 6) is 0.840. The highest BCUT2D eigenvalue weighted by molar-refractivity contribution is 4.45. The SMILES string of the molecule is CCNCOC(C)C.CNCCC(C)C. The Morgan fingerprint density at radius 3 is 2.00 bits per heavy atom. The van der Waals surface area contributed by atoms with Gasteiger partial charge in [-0.3, -0.25) is 5.32 Å². The molecule has 0 unspecified atom stereocenters. The average molecular weight is 218 g/mol. The van der Waals surface area contributed by atoms with Crippen LogP contribution in [0, 0.1) is 5.92 Å². The van der Waals surface area contributed by atoms with E-state index in [2.05, 4.69) is 31.4 Å². The highest BCUT2D eigenvalue weighted by Crippen LogP contribution is 1.94. The predicted molar refractivity (Wildman–Crippen MR) is 68.1 cm³/mol. The maximum absolute atomic E-state index is 5.17. The number of hydrogen-bond donors (Lipinski definition) is 2. The summed E-state index contributed by atoms with van der Waals surface area (Å²) in [4.78, 5) is 0. The van der Waals surface area contributed by atoms with Crippen molar-refractivity contribution in [3.63, 3.8) is 0 Å². The summed E-state index contributed by atoms with van der Waals surface area (Å²) in [6.45, 7) is 13.4. The molecule has 0 fully saturated rings. The molecule has 0 rings (SSSR count). The maximum Gasteiger partial charge on any atom is 0.0968 e. The number of rotatable bonds is 7. The monoisotopic (exact) mass is 218 g/mol. The standard InChI is InChI=1S/C6H15NO.C6H15N/c1-4-7-5-8-6(2)3;1-6(2)4-5-7-3/h6-7H,4-5H2,1-3H3;6-7H,4-5H2,1-3H3.